The summed E-state index contributed by atoms with van der Waals surface area (Å²) >= 11 is 0. The van der Waals surface area contributed by atoms with E-state index in [1.165, 1.54) is 5.56 Å². The Bertz CT molecular complexity index is 462. The number of ether oxygens (including phenoxy) is 1. The van der Waals surface area contributed by atoms with Crippen molar-refractivity contribution < 1.29 is 14.6 Å². The Morgan fingerprint density at radius 1 is 1.40 bits per heavy atom. The molecular weight excluding hydrogens is 192 g/mol. The molecule has 1 aliphatic heterocycles. The van der Waals surface area contributed by atoms with Gasteiger partial charge in [-0.25, -0.2) is 4.79 Å². The molecule has 0 amide bonds. The molecular formula is C12H10O3. The van der Waals surface area contributed by atoms with Crippen LogP contribution in [0.3, 0.4) is 0 Å². The van der Waals surface area contributed by atoms with Crippen LogP contribution in [0, 0.1) is 5.92 Å². The highest BCUT2D eigenvalue weighted by atomic mass is 16.6. The van der Waals surface area contributed by atoms with Crippen LogP contribution >= 0.6 is 0 Å². The summed E-state index contributed by atoms with van der Waals surface area (Å²) in [6.07, 6.45) is 1.48. The van der Waals surface area contributed by atoms with Crippen LogP contribution in [-0.4, -0.2) is 11.1 Å². The van der Waals surface area contributed by atoms with Gasteiger partial charge in [0.25, 0.3) is 0 Å². The molecule has 3 heteroatoms. The molecule has 2 unspecified atom stereocenters. The first kappa shape index (κ1) is 8.53. The first-order valence-electron chi connectivity index (χ1n) is 4.94. The van der Waals surface area contributed by atoms with Crippen LogP contribution in [0.4, 0.5) is 0 Å². The second-order valence-corrected chi connectivity index (χ2v) is 3.92. The molecule has 0 saturated carbocycles. The molecule has 76 valence electrons. The van der Waals surface area contributed by atoms with Gasteiger partial charge in [0.05, 0.1) is 11.8 Å². The van der Waals surface area contributed by atoms with Gasteiger partial charge in [0.2, 0.25) is 0 Å². The second-order valence-electron chi connectivity index (χ2n) is 3.92. The number of carbonyl (C=O) groups is 1. The van der Waals surface area contributed by atoms with Crippen LogP contribution in [0.5, 0.6) is 0 Å². The molecule has 1 saturated heterocycles. The van der Waals surface area contributed by atoms with E-state index >= 15 is 0 Å². The lowest BCUT2D eigenvalue weighted by Gasteiger charge is -2.07. The summed E-state index contributed by atoms with van der Waals surface area (Å²) < 4.78 is 5.25. The Labute approximate surface area is 87.0 Å². The molecule has 2 atom stereocenters. The molecule has 0 aromatic heterocycles. The van der Waals surface area contributed by atoms with E-state index in [9.17, 15) is 4.79 Å². The van der Waals surface area contributed by atoms with Crippen LogP contribution in [0.15, 0.2) is 36.1 Å². The van der Waals surface area contributed by atoms with Gasteiger partial charge in [0.1, 0.15) is 6.10 Å². The molecule has 1 fully saturated rings. The Morgan fingerprint density at radius 2 is 2.20 bits per heavy atom. The Balaban J connectivity index is 2.08. The van der Waals surface area contributed by atoms with E-state index in [-0.39, 0.29) is 18.0 Å². The predicted molar refractivity (Wildman–Crippen MR) is 53.2 cm³/mol. The van der Waals surface area contributed by atoms with Gasteiger partial charge in [-0.15, -0.1) is 0 Å². The molecule has 2 aliphatic rings. The summed E-state index contributed by atoms with van der Waals surface area (Å²) in [7, 11) is 0. The number of aliphatic hydroxyl groups is 1. The van der Waals surface area contributed by atoms with Gasteiger partial charge in [0.15, 0.2) is 0 Å². The zero-order chi connectivity index (χ0) is 10.4. The maximum absolute atomic E-state index is 11.4. The number of rotatable bonds is 0. The van der Waals surface area contributed by atoms with Crippen molar-refractivity contribution in [3.63, 3.8) is 0 Å². The average Bonchev–Trinajstić information content (AvgIpc) is 2.72. The quantitative estimate of drug-likeness (QED) is 0.397. The van der Waals surface area contributed by atoms with Crippen molar-refractivity contribution in [1.29, 1.82) is 0 Å². The monoisotopic (exact) mass is 202 g/mol. The third-order valence-electron chi connectivity index (χ3n) is 3.18. The smallest absolute Gasteiger partial charge is 0.338 e. The van der Waals surface area contributed by atoms with Crippen molar-refractivity contribution >= 4 is 5.97 Å². The molecule has 0 spiro atoms. The maximum atomic E-state index is 11.4. The summed E-state index contributed by atoms with van der Waals surface area (Å²) in [4.78, 5) is 11.4. The highest BCUT2D eigenvalue weighted by Gasteiger charge is 2.45. The predicted octanol–water partition coefficient (Wildman–Crippen LogP) is 1.90. The minimum Gasteiger partial charge on any atom is -0.515 e. The van der Waals surface area contributed by atoms with Crippen LogP contribution in [0.1, 0.15) is 17.2 Å². The van der Waals surface area contributed by atoms with E-state index in [0.29, 0.717) is 5.57 Å². The Kier molecular flexibility index (Phi) is 1.63. The summed E-state index contributed by atoms with van der Waals surface area (Å²) in [6, 6.07) is 7.93. The molecule has 1 aromatic carbocycles. The fourth-order valence-corrected chi connectivity index (χ4v) is 2.46. The van der Waals surface area contributed by atoms with Gasteiger partial charge >= 0.3 is 5.97 Å². The van der Waals surface area contributed by atoms with Crippen LogP contribution in [-0.2, 0) is 16.0 Å². The van der Waals surface area contributed by atoms with E-state index < -0.39 is 0 Å². The number of benzene rings is 1. The first-order chi connectivity index (χ1) is 7.31. The molecule has 1 heterocycles. The number of hydrogen-bond donors (Lipinski definition) is 1. The van der Waals surface area contributed by atoms with Crippen molar-refractivity contribution in [2.45, 2.75) is 12.5 Å². The number of esters is 1. The van der Waals surface area contributed by atoms with E-state index in [0.717, 1.165) is 18.2 Å². The van der Waals surface area contributed by atoms with Crippen LogP contribution in [0.25, 0.3) is 0 Å². The van der Waals surface area contributed by atoms with E-state index in [2.05, 4.69) is 0 Å². The first-order valence-corrected chi connectivity index (χ1v) is 4.94. The summed E-state index contributed by atoms with van der Waals surface area (Å²) in [5.74, 6) is -0.387. The topological polar surface area (TPSA) is 46.5 Å². The molecule has 1 aliphatic carbocycles. The van der Waals surface area contributed by atoms with Crippen molar-refractivity contribution in [3.8, 4) is 0 Å². The molecule has 0 bridgehead atoms. The fraction of sp³-hybridized carbons (Fsp3) is 0.250. The van der Waals surface area contributed by atoms with Crippen LogP contribution in [0.2, 0.25) is 0 Å². The lowest BCUT2D eigenvalue weighted by atomic mass is 9.98. The molecule has 0 radical (unpaired) electrons. The van der Waals surface area contributed by atoms with E-state index in [1.807, 2.05) is 24.3 Å². The van der Waals surface area contributed by atoms with Gasteiger partial charge in [-0.1, -0.05) is 24.3 Å². The number of aliphatic hydroxyl groups excluding tert-OH is 1. The van der Waals surface area contributed by atoms with Gasteiger partial charge in [-0.05, 0) is 17.5 Å². The summed E-state index contributed by atoms with van der Waals surface area (Å²) in [5.41, 5.74) is 2.68. The minimum atomic E-state index is -0.387. The normalized spacial score (nSPS) is 30.1. The van der Waals surface area contributed by atoms with Crippen molar-refractivity contribution in [3.05, 3.63) is 47.2 Å². The molecule has 3 rings (SSSR count). The lowest BCUT2D eigenvalue weighted by Crippen LogP contribution is -2.03. The van der Waals surface area contributed by atoms with Gasteiger partial charge in [-0.3, -0.25) is 0 Å². The number of fused-ring (bicyclic) bond motifs is 3. The zero-order valence-corrected chi connectivity index (χ0v) is 8.01. The Morgan fingerprint density at radius 3 is 3.00 bits per heavy atom. The van der Waals surface area contributed by atoms with Crippen LogP contribution < -0.4 is 0 Å². The fourth-order valence-electron chi connectivity index (χ4n) is 2.46. The average molecular weight is 202 g/mol. The summed E-state index contributed by atoms with van der Waals surface area (Å²) in [5, 5.41) is 9.00. The molecule has 1 N–H and O–H groups in total. The zero-order valence-electron chi connectivity index (χ0n) is 8.01. The molecule has 15 heavy (non-hydrogen) atoms. The second kappa shape index (κ2) is 2.86. The third-order valence-corrected chi connectivity index (χ3v) is 3.18. The van der Waals surface area contributed by atoms with Gasteiger partial charge < -0.3 is 9.84 Å². The van der Waals surface area contributed by atoms with Crippen molar-refractivity contribution in [2.24, 2.45) is 5.92 Å². The maximum Gasteiger partial charge on any atom is 0.338 e. The Hall–Kier alpha value is -1.77. The standard InChI is InChI=1S/C12H10O3/c13-6-10-9-5-7-3-1-2-4-8(7)11(9)15-12(10)14/h1-4,6,9,11,13H,5H2/b10-6+. The molecule has 3 nitrogen and oxygen atoms in total. The van der Waals surface area contributed by atoms with E-state index in [4.69, 9.17) is 9.84 Å². The highest BCUT2D eigenvalue weighted by molar-refractivity contribution is 5.91. The largest absolute Gasteiger partial charge is 0.515 e. The minimum absolute atomic E-state index is 0.0000926. The molecule has 1 aromatic rings. The summed E-state index contributed by atoms with van der Waals surface area (Å²) in [6.45, 7) is 0. The van der Waals surface area contributed by atoms with Gasteiger partial charge in [0, 0.05) is 5.92 Å². The van der Waals surface area contributed by atoms with Crippen molar-refractivity contribution in [1.82, 2.24) is 0 Å². The lowest BCUT2D eigenvalue weighted by molar-refractivity contribution is -0.139. The number of carbonyl (C=O) groups excluding carboxylic acids is 1. The van der Waals surface area contributed by atoms with E-state index in [1.54, 1.807) is 0 Å². The van der Waals surface area contributed by atoms with Crippen molar-refractivity contribution in [2.75, 3.05) is 0 Å². The third kappa shape index (κ3) is 1.03. The number of hydrogen-bond acceptors (Lipinski definition) is 3. The highest BCUT2D eigenvalue weighted by Crippen LogP contribution is 2.47. The van der Waals surface area contributed by atoms with Gasteiger partial charge in [-0.2, -0.15) is 0 Å². The SMILES string of the molecule is O=C1OC2c3ccccc3CC2/C1=C\O.